The number of methoxy groups -OCH3 is 1. The first-order valence-corrected chi connectivity index (χ1v) is 13.8. The SMILES string of the molecule is COc1cc(-c2[nH]c3ccc(C4CCC(N5CCC6(COC6)C5)CC4)nc3c2C(C)C)cn2ncnc12. The molecule has 1 spiro atoms. The van der Waals surface area contributed by atoms with Crippen molar-refractivity contribution in [2.24, 2.45) is 5.41 Å². The maximum atomic E-state index is 5.62. The van der Waals surface area contributed by atoms with Crippen molar-refractivity contribution in [1.29, 1.82) is 0 Å². The summed E-state index contributed by atoms with van der Waals surface area (Å²) in [4.78, 5) is 16.1. The normalized spacial score (nSPS) is 23.9. The van der Waals surface area contributed by atoms with E-state index < -0.39 is 0 Å². The van der Waals surface area contributed by atoms with Crippen molar-refractivity contribution in [3.8, 4) is 17.0 Å². The zero-order chi connectivity index (χ0) is 25.1. The van der Waals surface area contributed by atoms with Gasteiger partial charge in [0.25, 0.3) is 0 Å². The van der Waals surface area contributed by atoms with Crippen molar-refractivity contribution in [2.75, 3.05) is 33.4 Å². The number of fused-ring (bicyclic) bond motifs is 2. The molecule has 0 bridgehead atoms. The largest absolute Gasteiger partial charge is 0.493 e. The molecule has 0 unspecified atom stereocenters. The average molecular weight is 501 g/mol. The first-order valence-electron chi connectivity index (χ1n) is 13.8. The zero-order valence-electron chi connectivity index (χ0n) is 22.0. The molecule has 4 aromatic rings. The minimum atomic E-state index is 0.317. The fraction of sp³-hybridized carbons (Fsp3) is 0.552. The minimum Gasteiger partial charge on any atom is -0.493 e. The molecule has 2 aliphatic heterocycles. The maximum absolute atomic E-state index is 5.62. The molecule has 2 saturated heterocycles. The summed E-state index contributed by atoms with van der Waals surface area (Å²) in [5, 5.41) is 4.35. The molecule has 0 atom stereocenters. The summed E-state index contributed by atoms with van der Waals surface area (Å²) in [5.41, 5.74) is 7.97. The van der Waals surface area contributed by atoms with E-state index in [4.69, 9.17) is 14.5 Å². The Hall–Kier alpha value is -2.97. The van der Waals surface area contributed by atoms with Crippen LogP contribution in [0.5, 0.6) is 5.75 Å². The molecular formula is C29H36N6O2. The second-order valence-corrected chi connectivity index (χ2v) is 11.7. The van der Waals surface area contributed by atoms with Gasteiger partial charge in [0.05, 0.1) is 37.1 Å². The topological polar surface area (TPSA) is 80.6 Å². The quantitative estimate of drug-likeness (QED) is 0.408. The molecule has 3 fully saturated rings. The maximum Gasteiger partial charge on any atom is 0.197 e. The van der Waals surface area contributed by atoms with Crippen LogP contribution in [0, 0.1) is 5.41 Å². The Labute approximate surface area is 217 Å². The number of nitrogens with one attached hydrogen (secondary N) is 1. The number of H-pyrrole nitrogens is 1. The Morgan fingerprint density at radius 3 is 2.70 bits per heavy atom. The fourth-order valence-electron chi connectivity index (χ4n) is 6.95. The Morgan fingerprint density at radius 2 is 2.00 bits per heavy atom. The Morgan fingerprint density at radius 1 is 1.16 bits per heavy atom. The highest BCUT2D eigenvalue weighted by atomic mass is 16.5. The number of likely N-dealkylation sites (tertiary alicyclic amines) is 1. The summed E-state index contributed by atoms with van der Waals surface area (Å²) in [6.45, 7) is 8.91. The van der Waals surface area contributed by atoms with Gasteiger partial charge in [-0.3, -0.25) is 9.88 Å². The van der Waals surface area contributed by atoms with Crippen molar-refractivity contribution < 1.29 is 9.47 Å². The summed E-state index contributed by atoms with van der Waals surface area (Å²) in [6, 6.07) is 7.24. The highest BCUT2D eigenvalue weighted by Crippen LogP contribution is 2.43. The predicted molar refractivity (Wildman–Crippen MR) is 143 cm³/mol. The van der Waals surface area contributed by atoms with Gasteiger partial charge in [0.15, 0.2) is 11.4 Å². The van der Waals surface area contributed by atoms with Crippen LogP contribution < -0.4 is 4.74 Å². The highest BCUT2D eigenvalue weighted by molar-refractivity contribution is 5.89. The number of nitrogens with zero attached hydrogens (tertiary/aromatic N) is 5. The molecule has 8 nitrogen and oxygen atoms in total. The second-order valence-electron chi connectivity index (χ2n) is 11.7. The summed E-state index contributed by atoms with van der Waals surface area (Å²) in [5.74, 6) is 1.56. The van der Waals surface area contributed by atoms with Crippen LogP contribution in [0.2, 0.25) is 0 Å². The lowest BCUT2D eigenvalue weighted by molar-refractivity contribution is -0.106. The molecule has 0 radical (unpaired) electrons. The molecule has 0 aromatic carbocycles. The van der Waals surface area contributed by atoms with Gasteiger partial charge >= 0.3 is 0 Å². The van der Waals surface area contributed by atoms with Crippen LogP contribution in [0.25, 0.3) is 27.9 Å². The number of pyridine rings is 2. The van der Waals surface area contributed by atoms with Crippen LogP contribution in [0.1, 0.15) is 69.0 Å². The van der Waals surface area contributed by atoms with Gasteiger partial charge in [-0.15, -0.1) is 0 Å². The summed E-state index contributed by atoms with van der Waals surface area (Å²) >= 11 is 0. The van der Waals surface area contributed by atoms with Gasteiger partial charge in [-0.1, -0.05) is 13.8 Å². The van der Waals surface area contributed by atoms with Crippen molar-refractivity contribution in [1.82, 2.24) is 29.5 Å². The van der Waals surface area contributed by atoms with Gasteiger partial charge < -0.3 is 14.5 Å². The van der Waals surface area contributed by atoms with E-state index in [1.807, 2.05) is 12.3 Å². The number of hydrogen-bond acceptors (Lipinski definition) is 6. The zero-order valence-corrected chi connectivity index (χ0v) is 22.0. The smallest absolute Gasteiger partial charge is 0.197 e. The predicted octanol–water partition coefficient (Wildman–Crippen LogP) is 5.15. The van der Waals surface area contributed by atoms with E-state index >= 15 is 0 Å². The molecule has 0 amide bonds. The van der Waals surface area contributed by atoms with Gasteiger partial charge in [0, 0.05) is 46.9 Å². The first kappa shape index (κ1) is 23.2. The van der Waals surface area contributed by atoms with E-state index in [1.54, 1.807) is 18.0 Å². The molecule has 1 aliphatic carbocycles. The Kier molecular flexibility index (Phi) is 5.51. The molecule has 1 N–H and O–H groups in total. The third kappa shape index (κ3) is 3.84. The van der Waals surface area contributed by atoms with Crippen molar-refractivity contribution in [3.05, 3.63) is 42.0 Å². The van der Waals surface area contributed by atoms with Gasteiger partial charge in [0.1, 0.15) is 6.33 Å². The molecule has 3 aliphatic rings. The molecule has 8 heteroatoms. The molecule has 37 heavy (non-hydrogen) atoms. The van der Waals surface area contributed by atoms with Crippen LogP contribution in [-0.4, -0.2) is 68.9 Å². The lowest BCUT2D eigenvalue weighted by Crippen LogP contribution is -2.46. The minimum absolute atomic E-state index is 0.317. The van der Waals surface area contributed by atoms with Gasteiger partial charge in [-0.05, 0) is 62.8 Å². The Bertz CT molecular complexity index is 1440. The molecule has 194 valence electrons. The summed E-state index contributed by atoms with van der Waals surface area (Å²) < 4.78 is 12.9. The second kappa shape index (κ2) is 8.81. The van der Waals surface area contributed by atoms with Gasteiger partial charge in [0.2, 0.25) is 0 Å². The standard InChI is InChI=1S/C29H36N6O2/c1-18(2)25-26(20-12-24(36-3)28-30-17-31-35(28)13-20)33-23-9-8-22(32-27(23)25)19-4-6-21(7-5-19)34-11-10-29(14-34)15-37-16-29/h8-9,12-13,17-19,21,33H,4-7,10-11,14-16H2,1-3H3. The lowest BCUT2D eigenvalue weighted by Gasteiger charge is -2.40. The highest BCUT2D eigenvalue weighted by Gasteiger charge is 2.46. The number of ether oxygens (including phenoxy) is 2. The van der Waals surface area contributed by atoms with Crippen LogP contribution >= 0.6 is 0 Å². The Balaban J connectivity index is 1.16. The molecule has 1 saturated carbocycles. The van der Waals surface area contributed by atoms with Crippen LogP contribution in [-0.2, 0) is 4.74 Å². The van der Waals surface area contributed by atoms with E-state index in [9.17, 15) is 0 Å². The van der Waals surface area contributed by atoms with Crippen LogP contribution in [0.3, 0.4) is 0 Å². The van der Waals surface area contributed by atoms with Gasteiger partial charge in [-0.2, -0.15) is 5.10 Å². The number of hydrogen-bond donors (Lipinski definition) is 1. The monoisotopic (exact) mass is 500 g/mol. The number of rotatable bonds is 5. The first-order chi connectivity index (χ1) is 18.0. The average Bonchev–Trinajstić information content (AvgIpc) is 3.64. The third-order valence-corrected chi connectivity index (χ3v) is 9.04. The van der Waals surface area contributed by atoms with Crippen LogP contribution in [0.15, 0.2) is 30.7 Å². The van der Waals surface area contributed by atoms with E-state index in [1.165, 1.54) is 56.5 Å². The molecule has 7 rings (SSSR count). The lowest BCUT2D eigenvalue weighted by atomic mass is 9.82. The van der Waals surface area contributed by atoms with E-state index in [-0.39, 0.29) is 0 Å². The van der Waals surface area contributed by atoms with Crippen molar-refractivity contribution in [2.45, 2.75) is 63.8 Å². The van der Waals surface area contributed by atoms with E-state index in [0.717, 1.165) is 47.2 Å². The fourth-order valence-corrected chi connectivity index (χ4v) is 6.95. The molecule has 4 aromatic heterocycles. The van der Waals surface area contributed by atoms with Crippen LogP contribution in [0.4, 0.5) is 0 Å². The number of aromatic nitrogens is 5. The third-order valence-electron chi connectivity index (χ3n) is 9.04. The van der Waals surface area contributed by atoms with Crippen molar-refractivity contribution >= 4 is 16.7 Å². The van der Waals surface area contributed by atoms with Gasteiger partial charge in [-0.25, -0.2) is 9.50 Å². The van der Waals surface area contributed by atoms with E-state index in [0.29, 0.717) is 23.0 Å². The molecule has 6 heterocycles. The summed E-state index contributed by atoms with van der Waals surface area (Å²) in [7, 11) is 1.68. The summed E-state index contributed by atoms with van der Waals surface area (Å²) in [6.07, 6.45) is 9.87. The van der Waals surface area contributed by atoms with E-state index in [2.05, 4.69) is 45.9 Å². The van der Waals surface area contributed by atoms with Crippen molar-refractivity contribution in [3.63, 3.8) is 0 Å². The number of aromatic amines is 1. The molecular weight excluding hydrogens is 464 g/mol.